The number of nitrogens with one attached hydrogen (secondary N) is 1. The second kappa shape index (κ2) is 6.66. The third-order valence-corrected chi connectivity index (χ3v) is 2.94. The molecule has 0 aliphatic carbocycles. The van der Waals surface area contributed by atoms with Crippen molar-refractivity contribution in [3.63, 3.8) is 0 Å². The van der Waals surface area contributed by atoms with E-state index in [9.17, 15) is 5.11 Å². The van der Waals surface area contributed by atoms with Crippen molar-refractivity contribution < 1.29 is 5.11 Å². The van der Waals surface area contributed by atoms with Gasteiger partial charge in [0, 0.05) is 13.1 Å². The van der Waals surface area contributed by atoms with E-state index < -0.39 is 0 Å². The monoisotopic (exact) mass is 221 g/mol. The van der Waals surface area contributed by atoms with Crippen LogP contribution in [0.15, 0.2) is 30.3 Å². The van der Waals surface area contributed by atoms with Gasteiger partial charge in [-0.2, -0.15) is 0 Å². The van der Waals surface area contributed by atoms with Crippen molar-refractivity contribution in [3.8, 4) is 0 Å². The lowest BCUT2D eigenvalue weighted by atomic mass is 10.0. The standard InChI is InChI=1S/C14H23NO/c1-11(2)14(16)10-15-9-12(3)13-7-5-4-6-8-13/h4-8,11-12,14-16H,9-10H2,1-3H3/t12-,14-/m1/s1. The molecule has 0 fully saturated rings. The molecule has 0 unspecified atom stereocenters. The molecular formula is C14H23NO. The van der Waals surface area contributed by atoms with Crippen molar-refractivity contribution in [2.24, 2.45) is 5.92 Å². The molecule has 0 saturated carbocycles. The van der Waals surface area contributed by atoms with E-state index in [1.54, 1.807) is 0 Å². The highest BCUT2D eigenvalue weighted by molar-refractivity contribution is 5.18. The lowest BCUT2D eigenvalue weighted by molar-refractivity contribution is 0.123. The molecule has 0 radical (unpaired) electrons. The Kier molecular flexibility index (Phi) is 5.50. The molecule has 1 aromatic carbocycles. The SMILES string of the molecule is CC(C)[C@H](O)CNC[C@@H](C)c1ccccc1. The molecule has 0 amide bonds. The van der Waals surface area contributed by atoms with E-state index in [1.807, 2.05) is 19.9 Å². The lowest BCUT2D eigenvalue weighted by Gasteiger charge is -2.17. The third kappa shape index (κ3) is 4.33. The summed E-state index contributed by atoms with van der Waals surface area (Å²) >= 11 is 0. The van der Waals surface area contributed by atoms with Gasteiger partial charge in [0.2, 0.25) is 0 Å². The van der Waals surface area contributed by atoms with Crippen molar-refractivity contribution in [1.82, 2.24) is 5.32 Å². The number of benzene rings is 1. The minimum Gasteiger partial charge on any atom is -0.392 e. The van der Waals surface area contributed by atoms with Gasteiger partial charge in [0.15, 0.2) is 0 Å². The van der Waals surface area contributed by atoms with E-state index >= 15 is 0 Å². The summed E-state index contributed by atoms with van der Waals surface area (Å²) in [5.74, 6) is 0.806. The van der Waals surface area contributed by atoms with Gasteiger partial charge in [-0.15, -0.1) is 0 Å². The highest BCUT2D eigenvalue weighted by atomic mass is 16.3. The van der Waals surface area contributed by atoms with Crippen molar-refractivity contribution in [2.75, 3.05) is 13.1 Å². The molecule has 0 aliphatic rings. The van der Waals surface area contributed by atoms with E-state index in [2.05, 4.69) is 36.5 Å². The van der Waals surface area contributed by atoms with Crippen LogP contribution in [0.1, 0.15) is 32.3 Å². The average Bonchev–Trinajstić information content (AvgIpc) is 2.29. The quantitative estimate of drug-likeness (QED) is 0.773. The molecule has 0 spiro atoms. The maximum atomic E-state index is 9.65. The van der Waals surface area contributed by atoms with Crippen LogP contribution in [0.3, 0.4) is 0 Å². The van der Waals surface area contributed by atoms with E-state index in [1.165, 1.54) is 5.56 Å². The summed E-state index contributed by atoms with van der Waals surface area (Å²) in [6, 6.07) is 10.5. The molecule has 90 valence electrons. The van der Waals surface area contributed by atoms with Crippen LogP contribution in [0.4, 0.5) is 0 Å². The molecule has 2 atom stereocenters. The molecule has 0 saturated heterocycles. The first-order valence-electron chi connectivity index (χ1n) is 6.05. The Morgan fingerprint density at radius 3 is 2.25 bits per heavy atom. The summed E-state index contributed by atoms with van der Waals surface area (Å²) in [6.45, 7) is 7.85. The van der Waals surface area contributed by atoms with Crippen molar-refractivity contribution in [1.29, 1.82) is 0 Å². The lowest BCUT2D eigenvalue weighted by Crippen LogP contribution is -2.32. The predicted molar refractivity (Wildman–Crippen MR) is 68.6 cm³/mol. The van der Waals surface area contributed by atoms with Gasteiger partial charge in [0.25, 0.3) is 0 Å². The second-order valence-electron chi connectivity index (χ2n) is 4.78. The molecule has 0 bridgehead atoms. The molecule has 0 aromatic heterocycles. The summed E-state index contributed by atoms with van der Waals surface area (Å²) in [7, 11) is 0. The molecule has 0 heterocycles. The first kappa shape index (κ1) is 13.2. The Morgan fingerprint density at radius 2 is 1.69 bits per heavy atom. The van der Waals surface area contributed by atoms with Crippen LogP contribution in [0.2, 0.25) is 0 Å². The Balaban J connectivity index is 2.28. The number of aliphatic hydroxyl groups is 1. The molecule has 2 heteroatoms. The van der Waals surface area contributed by atoms with Crippen LogP contribution in [0.25, 0.3) is 0 Å². The van der Waals surface area contributed by atoms with E-state index in [0.29, 0.717) is 18.4 Å². The summed E-state index contributed by atoms with van der Waals surface area (Å²) in [5, 5.41) is 13.0. The fourth-order valence-corrected chi connectivity index (χ4v) is 1.58. The van der Waals surface area contributed by atoms with Crippen LogP contribution < -0.4 is 5.32 Å². The van der Waals surface area contributed by atoms with E-state index in [0.717, 1.165) is 6.54 Å². The smallest absolute Gasteiger partial charge is 0.0687 e. The molecule has 0 aliphatic heterocycles. The number of hydrogen-bond acceptors (Lipinski definition) is 2. The first-order chi connectivity index (χ1) is 7.61. The van der Waals surface area contributed by atoms with Crippen molar-refractivity contribution >= 4 is 0 Å². The van der Waals surface area contributed by atoms with Crippen LogP contribution >= 0.6 is 0 Å². The van der Waals surface area contributed by atoms with Crippen molar-refractivity contribution in [3.05, 3.63) is 35.9 Å². The van der Waals surface area contributed by atoms with Gasteiger partial charge in [-0.3, -0.25) is 0 Å². The van der Waals surface area contributed by atoms with Gasteiger partial charge in [0.1, 0.15) is 0 Å². The normalized spacial score (nSPS) is 15.1. The Bertz CT molecular complexity index is 284. The second-order valence-corrected chi connectivity index (χ2v) is 4.78. The fourth-order valence-electron chi connectivity index (χ4n) is 1.58. The molecular weight excluding hydrogens is 198 g/mol. The van der Waals surface area contributed by atoms with Crippen LogP contribution in [-0.2, 0) is 0 Å². The summed E-state index contributed by atoms with van der Waals surface area (Å²) in [6.07, 6.45) is -0.247. The van der Waals surface area contributed by atoms with Gasteiger partial charge in [0.05, 0.1) is 6.10 Å². The van der Waals surface area contributed by atoms with Gasteiger partial charge in [-0.05, 0) is 17.4 Å². The van der Waals surface area contributed by atoms with Crippen molar-refractivity contribution in [2.45, 2.75) is 32.8 Å². The third-order valence-electron chi connectivity index (χ3n) is 2.94. The molecule has 16 heavy (non-hydrogen) atoms. The topological polar surface area (TPSA) is 32.3 Å². The Morgan fingerprint density at radius 1 is 1.06 bits per heavy atom. The minimum absolute atomic E-state index is 0.247. The summed E-state index contributed by atoms with van der Waals surface area (Å²) in [5.41, 5.74) is 1.34. The van der Waals surface area contributed by atoms with Gasteiger partial charge < -0.3 is 10.4 Å². The number of aliphatic hydroxyl groups excluding tert-OH is 1. The molecule has 1 rings (SSSR count). The summed E-state index contributed by atoms with van der Waals surface area (Å²) < 4.78 is 0. The van der Waals surface area contributed by atoms with E-state index in [-0.39, 0.29) is 6.10 Å². The maximum absolute atomic E-state index is 9.65. The number of hydrogen-bond donors (Lipinski definition) is 2. The molecule has 2 N–H and O–H groups in total. The molecule has 2 nitrogen and oxygen atoms in total. The average molecular weight is 221 g/mol. The van der Waals surface area contributed by atoms with E-state index in [4.69, 9.17) is 0 Å². The van der Waals surface area contributed by atoms with Gasteiger partial charge in [-0.25, -0.2) is 0 Å². The predicted octanol–water partition coefficient (Wildman–Crippen LogP) is 2.40. The van der Waals surface area contributed by atoms with Crippen LogP contribution in [0.5, 0.6) is 0 Å². The Hall–Kier alpha value is -0.860. The zero-order chi connectivity index (χ0) is 12.0. The van der Waals surface area contributed by atoms with Crippen LogP contribution in [-0.4, -0.2) is 24.3 Å². The largest absolute Gasteiger partial charge is 0.392 e. The maximum Gasteiger partial charge on any atom is 0.0687 e. The zero-order valence-corrected chi connectivity index (χ0v) is 10.5. The highest BCUT2D eigenvalue weighted by Crippen LogP contribution is 2.13. The Labute approximate surface area is 98.7 Å². The van der Waals surface area contributed by atoms with Gasteiger partial charge >= 0.3 is 0 Å². The zero-order valence-electron chi connectivity index (χ0n) is 10.5. The number of rotatable bonds is 6. The highest BCUT2D eigenvalue weighted by Gasteiger charge is 2.09. The first-order valence-corrected chi connectivity index (χ1v) is 6.05. The minimum atomic E-state index is -0.247. The van der Waals surface area contributed by atoms with Crippen LogP contribution in [0, 0.1) is 5.92 Å². The summed E-state index contributed by atoms with van der Waals surface area (Å²) in [4.78, 5) is 0. The fraction of sp³-hybridized carbons (Fsp3) is 0.571. The van der Waals surface area contributed by atoms with Gasteiger partial charge in [-0.1, -0.05) is 51.1 Å². The molecule has 1 aromatic rings.